The van der Waals surface area contributed by atoms with E-state index in [0.29, 0.717) is 12.1 Å². The van der Waals surface area contributed by atoms with Crippen LogP contribution in [0, 0.1) is 5.82 Å². The standard InChI is InChI=1S/C9H3ClF4O2/c10-8(16)4-1-2-6(11)5(3-15)7(4)9(12,13)14/h1-3H. The molecule has 1 rings (SSSR count). The quantitative estimate of drug-likeness (QED) is 0.462. The fraction of sp³-hybridized carbons (Fsp3) is 0.111. The lowest BCUT2D eigenvalue weighted by atomic mass is 10.0. The fourth-order valence-electron chi connectivity index (χ4n) is 1.18. The van der Waals surface area contributed by atoms with Crippen LogP contribution < -0.4 is 0 Å². The molecule has 16 heavy (non-hydrogen) atoms. The average Bonchev–Trinajstić information content (AvgIpc) is 2.15. The van der Waals surface area contributed by atoms with E-state index >= 15 is 0 Å². The second-order valence-electron chi connectivity index (χ2n) is 2.77. The predicted molar refractivity (Wildman–Crippen MR) is 47.0 cm³/mol. The molecule has 0 aliphatic rings. The third-order valence-electron chi connectivity index (χ3n) is 1.81. The first-order valence-corrected chi connectivity index (χ1v) is 4.21. The summed E-state index contributed by atoms with van der Waals surface area (Å²) in [6.45, 7) is 0. The maximum absolute atomic E-state index is 12.9. The Morgan fingerprint density at radius 3 is 2.25 bits per heavy atom. The summed E-state index contributed by atoms with van der Waals surface area (Å²) in [6.07, 6.45) is -5.33. The van der Waals surface area contributed by atoms with Gasteiger partial charge in [0.2, 0.25) is 0 Å². The summed E-state index contributed by atoms with van der Waals surface area (Å²) in [5.41, 5.74) is -3.82. The zero-order chi connectivity index (χ0) is 12.5. The molecule has 7 heteroatoms. The zero-order valence-corrected chi connectivity index (χ0v) is 8.19. The van der Waals surface area contributed by atoms with Gasteiger partial charge in [-0.1, -0.05) is 0 Å². The van der Waals surface area contributed by atoms with Crippen LogP contribution in [-0.2, 0) is 6.18 Å². The maximum atomic E-state index is 12.9. The molecule has 1 aromatic rings. The van der Waals surface area contributed by atoms with Crippen molar-refractivity contribution >= 4 is 23.1 Å². The summed E-state index contributed by atoms with van der Waals surface area (Å²) in [5.74, 6) is -1.36. The number of hydrogen-bond acceptors (Lipinski definition) is 2. The number of alkyl halides is 3. The third-order valence-corrected chi connectivity index (χ3v) is 2.01. The molecule has 1 aromatic carbocycles. The smallest absolute Gasteiger partial charge is 0.298 e. The van der Waals surface area contributed by atoms with E-state index in [-0.39, 0.29) is 6.29 Å². The normalized spacial score (nSPS) is 11.3. The van der Waals surface area contributed by atoms with Gasteiger partial charge in [0.25, 0.3) is 5.24 Å². The van der Waals surface area contributed by atoms with E-state index in [1.54, 1.807) is 0 Å². The summed E-state index contributed by atoms with van der Waals surface area (Å²) in [6, 6.07) is 1.16. The van der Waals surface area contributed by atoms with Gasteiger partial charge in [-0.25, -0.2) is 4.39 Å². The van der Waals surface area contributed by atoms with E-state index in [2.05, 4.69) is 0 Å². The molecule has 0 radical (unpaired) electrons. The number of carbonyl (C=O) groups is 2. The SMILES string of the molecule is O=Cc1c(F)ccc(C(=O)Cl)c1C(F)(F)F. The molecule has 0 aromatic heterocycles. The molecule has 0 bridgehead atoms. The molecule has 0 atom stereocenters. The van der Waals surface area contributed by atoms with Crippen LogP contribution in [0.15, 0.2) is 12.1 Å². The van der Waals surface area contributed by atoms with Crippen molar-refractivity contribution in [2.45, 2.75) is 6.18 Å². The largest absolute Gasteiger partial charge is 0.417 e. The molecule has 0 N–H and O–H groups in total. The number of halogens is 5. The Labute approximate surface area is 91.8 Å². The minimum atomic E-state index is -5.03. The average molecular weight is 255 g/mol. The van der Waals surface area contributed by atoms with E-state index in [1.165, 1.54) is 0 Å². The lowest BCUT2D eigenvalue weighted by Gasteiger charge is -2.12. The molecule has 0 unspecified atom stereocenters. The molecular formula is C9H3ClF4O2. The van der Waals surface area contributed by atoms with Gasteiger partial charge in [-0.15, -0.1) is 0 Å². The molecule has 0 aliphatic carbocycles. The lowest BCUT2D eigenvalue weighted by molar-refractivity contribution is -0.138. The van der Waals surface area contributed by atoms with Gasteiger partial charge in [0, 0.05) is 5.56 Å². The Morgan fingerprint density at radius 1 is 1.31 bits per heavy atom. The Morgan fingerprint density at radius 2 is 1.88 bits per heavy atom. The molecular weight excluding hydrogens is 252 g/mol. The monoisotopic (exact) mass is 254 g/mol. The van der Waals surface area contributed by atoms with Gasteiger partial charge < -0.3 is 0 Å². The second kappa shape index (κ2) is 4.21. The highest BCUT2D eigenvalue weighted by molar-refractivity contribution is 6.68. The number of carbonyl (C=O) groups excluding carboxylic acids is 2. The highest BCUT2D eigenvalue weighted by Crippen LogP contribution is 2.35. The molecule has 0 heterocycles. The molecule has 0 spiro atoms. The van der Waals surface area contributed by atoms with E-state index in [4.69, 9.17) is 11.6 Å². The van der Waals surface area contributed by atoms with Crippen LogP contribution in [-0.4, -0.2) is 11.5 Å². The topological polar surface area (TPSA) is 34.1 Å². The number of rotatable bonds is 2. The van der Waals surface area contributed by atoms with Crippen LogP contribution in [0.4, 0.5) is 17.6 Å². The first-order chi connectivity index (χ1) is 7.29. The fourth-order valence-corrected chi connectivity index (χ4v) is 1.34. The maximum Gasteiger partial charge on any atom is 0.417 e. The van der Waals surface area contributed by atoms with Crippen LogP contribution in [0.1, 0.15) is 26.3 Å². The minimum Gasteiger partial charge on any atom is -0.298 e. The molecule has 0 saturated heterocycles. The van der Waals surface area contributed by atoms with Crippen molar-refractivity contribution in [3.63, 3.8) is 0 Å². The van der Waals surface area contributed by atoms with Crippen LogP contribution in [0.25, 0.3) is 0 Å². The highest BCUT2D eigenvalue weighted by Gasteiger charge is 2.38. The van der Waals surface area contributed by atoms with Gasteiger partial charge in [0.15, 0.2) is 6.29 Å². The third kappa shape index (κ3) is 2.21. The van der Waals surface area contributed by atoms with Crippen LogP contribution in [0.5, 0.6) is 0 Å². The van der Waals surface area contributed by atoms with E-state index in [1.807, 2.05) is 0 Å². The van der Waals surface area contributed by atoms with Gasteiger partial charge >= 0.3 is 6.18 Å². The highest BCUT2D eigenvalue weighted by atomic mass is 35.5. The van der Waals surface area contributed by atoms with Crippen LogP contribution >= 0.6 is 11.6 Å². The van der Waals surface area contributed by atoms with E-state index in [9.17, 15) is 27.2 Å². The van der Waals surface area contributed by atoms with Gasteiger partial charge in [-0.05, 0) is 23.7 Å². The van der Waals surface area contributed by atoms with Crippen molar-refractivity contribution in [3.8, 4) is 0 Å². The minimum absolute atomic E-state index is 0.304. The summed E-state index contributed by atoms with van der Waals surface area (Å²) < 4.78 is 50.4. The Bertz CT molecular complexity index is 454. The van der Waals surface area contributed by atoms with Crippen molar-refractivity contribution in [1.29, 1.82) is 0 Å². The van der Waals surface area contributed by atoms with Crippen molar-refractivity contribution in [2.75, 3.05) is 0 Å². The molecule has 86 valence electrons. The predicted octanol–water partition coefficient (Wildman–Crippen LogP) is 3.04. The van der Waals surface area contributed by atoms with Crippen LogP contribution in [0.3, 0.4) is 0 Å². The van der Waals surface area contributed by atoms with Gasteiger partial charge in [-0.3, -0.25) is 9.59 Å². The number of benzene rings is 1. The van der Waals surface area contributed by atoms with E-state index in [0.717, 1.165) is 0 Å². The van der Waals surface area contributed by atoms with E-state index < -0.39 is 33.9 Å². The molecule has 2 nitrogen and oxygen atoms in total. The van der Waals surface area contributed by atoms with Crippen LogP contribution in [0.2, 0.25) is 0 Å². The second-order valence-corrected chi connectivity index (χ2v) is 3.12. The summed E-state index contributed by atoms with van der Waals surface area (Å²) >= 11 is 4.92. The molecule has 0 saturated carbocycles. The Balaban J connectivity index is 3.67. The Hall–Kier alpha value is -1.43. The van der Waals surface area contributed by atoms with Gasteiger partial charge in [0.05, 0.1) is 11.1 Å². The van der Waals surface area contributed by atoms with Crippen molar-refractivity contribution in [1.82, 2.24) is 0 Å². The van der Waals surface area contributed by atoms with Gasteiger partial charge in [-0.2, -0.15) is 13.2 Å². The van der Waals surface area contributed by atoms with Crippen molar-refractivity contribution in [3.05, 3.63) is 34.6 Å². The summed E-state index contributed by atoms with van der Waals surface area (Å²) in [5, 5.41) is -1.41. The van der Waals surface area contributed by atoms with Crippen molar-refractivity contribution < 1.29 is 27.2 Å². The molecule has 0 aliphatic heterocycles. The summed E-state index contributed by atoms with van der Waals surface area (Å²) in [4.78, 5) is 21.1. The molecule has 0 amide bonds. The number of hydrogen-bond donors (Lipinski definition) is 0. The van der Waals surface area contributed by atoms with Gasteiger partial charge in [0.1, 0.15) is 5.82 Å². The molecule has 0 fully saturated rings. The Kier molecular flexibility index (Phi) is 3.32. The lowest BCUT2D eigenvalue weighted by Crippen LogP contribution is -2.15. The van der Waals surface area contributed by atoms with Crippen molar-refractivity contribution in [2.24, 2.45) is 0 Å². The summed E-state index contributed by atoms with van der Waals surface area (Å²) in [7, 11) is 0. The first-order valence-electron chi connectivity index (χ1n) is 3.83. The zero-order valence-electron chi connectivity index (χ0n) is 7.44. The first kappa shape index (κ1) is 12.6. The number of aldehydes is 1.